The lowest BCUT2D eigenvalue weighted by Gasteiger charge is -2.41. The second-order valence-electron chi connectivity index (χ2n) is 16.6. The lowest BCUT2D eigenvalue weighted by Crippen LogP contribution is -2.37. The predicted octanol–water partition coefficient (Wildman–Crippen LogP) is 14.2. The molecule has 0 aliphatic heterocycles. The molecule has 0 saturated carbocycles. The molecule has 0 heterocycles. The van der Waals surface area contributed by atoms with Gasteiger partial charge in [-0.05, 0) is 110 Å². The van der Waals surface area contributed by atoms with Crippen molar-refractivity contribution in [2.24, 2.45) is 0 Å². The average molecular weight is 754 g/mol. The van der Waals surface area contributed by atoms with Crippen LogP contribution in [0.15, 0.2) is 212 Å². The van der Waals surface area contributed by atoms with Gasteiger partial charge >= 0.3 is 0 Å². The highest BCUT2D eigenvalue weighted by atomic mass is 15.2. The maximum absolute atomic E-state index is 3.59. The largest absolute Gasteiger partial charge is 0.334 e. The van der Waals surface area contributed by atoms with E-state index >= 15 is 0 Å². The van der Waals surface area contributed by atoms with Gasteiger partial charge in [0, 0.05) is 27.9 Å². The van der Waals surface area contributed by atoms with Gasteiger partial charge in [-0.15, -0.1) is 0 Å². The van der Waals surface area contributed by atoms with E-state index in [9.17, 15) is 0 Å². The molecule has 0 aromatic heterocycles. The lowest BCUT2D eigenvalue weighted by molar-refractivity contribution is 0.653. The Kier molecular flexibility index (Phi) is 8.18. The van der Waals surface area contributed by atoms with E-state index in [2.05, 4.69) is 231 Å². The van der Waals surface area contributed by atoms with Crippen LogP contribution in [-0.2, 0) is 10.8 Å². The zero-order valence-electron chi connectivity index (χ0n) is 33.4. The van der Waals surface area contributed by atoms with Crippen LogP contribution in [0.2, 0.25) is 0 Å². The highest BCUT2D eigenvalue weighted by Crippen LogP contribution is 2.58. The summed E-state index contributed by atoms with van der Waals surface area (Å²) in [4.78, 5) is 2.60. The number of para-hydroxylation sites is 1. The molecule has 0 bridgehead atoms. The van der Waals surface area contributed by atoms with Gasteiger partial charge in [0.2, 0.25) is 0 Å². The topological polar surface area (TPSA) is 3.24 Å². The van der Waals surface area contributed by atoms with E-state index in [1.165, 1.54) is 78.0 Å². The first-order chi connectivity index (χ1) is 29.0. The van der Waals surface area contributed by atoms with Crippen LogP contribution in [0.5, 0.6) is 0 Å². The molecule has 280 valence electrons. The Morgan fingerprint density at radius 1 is 0.525 bits per heavy atom. The fourth-order valence-electron chi connectivity index (χ4n) is 10.5. The quantitative estimate of drug-likeness (QED) is 0.157. The second kappa shape index (κ2) is 13.8. The first-order valence-electron chi connectivity index (χ1n) is 20.8. The normalized spacial score (nSPS) is 16.4. The molecule has 0 fully saturated rings. The van der Waals surface area contributed by atoms with Crippen LogP contribution in [-0.4, -0.2) is 6.04 Å². The van der Waals surface area contributed by atoms with Crippen molar-refractivity contribution in [3.63, 3.8) is 0 Å². The molecule has 8 aromatic rings. The van der Waals surface area contributed by atoms with Gasteiger partial charge in [0.15, 0.2) is 0 Å². The van der Waals surface area contributed by atoms with Gasteiger partial charge in [-0.1, -0.05) is 196 Å². The van der Waals surface area contributed by atoms with Crippen LogP contribution in [0.4, 0.5) is 11.4 Å². The molecule has 8 aromatic carbocycles. The molecule has 0 N–H and O–H groups in total. The minimum atomic E-state index is -0.483. The standard InChI is InChI=1S/C58H43N/c1-57(2)52-30-15-12-28-48(52)50-35-33-42(38-54(50)57)41-21-18-26-45(37-41)59(56-32-17-14-27-47(56)40-19-6-3-7-20-40)46-34-36-51-49-29-13-16-31-53(49)58(55(51)39-46,43-22-8-4-9-23-43)44-24-10-5-11-25-44/h3-12,14-28,30-38,46H,39H2,1-2H3. The van der Waals surface area contributed by atoms with Crippen molar-refractivity contribution in [3.8, 4) is 33.4 Å². The van der Waals surface area contributed by atoms with Crippen LogP contribution < -0.4 is 4.90 Å². The molecule has 1 heteroatoms. The number of nitrogens with zero attached hydrogens (tertiary/aromatic N) is 1. The smallest absolute Gasteiger partial charge is 0.0684 e. The molecule has 0 amide bonds. The first-order valence-corrected chi connectivity index (χ1v) is 20.8. The second-order valence-corrected chi connectivity index (χ2v) is 16.6. The Bertz CT molecular complexity index is 2890. The molecular formula is C58H43N. The van der Waals surface area contributed by atoms with Crippen LogP contribution in [0.25, 0.3) is 39.0 Å². The number of anilines is 2. The Hall–Kier alpha value is -7.14. The van der Waals surface area contributed by atoms with E-state index in [1.807, 2.05) is 6.07 Å². The molecule has 59 heavy (non-hydrogen) atoms. The van der Waals surface area contributed by atoms with E-state index in [0.29, 0.717) is 0 Å². The maximum atomic E-state index is 3.59. The monoisotopic (exact) mass is 753 g/mol. The Morgan fingerprint density at radius 2 is 1.15 bits per heavy atom. The van der Waals surface area contributed by atoms with Crippen molar-refractivity contribution in [2.75, 3.05) is 4.90 Å². The Morgan fingerprint density at radius 3 is 1.92 bits per heavy atom. The number of rotatable bonds is 7. The van der Waals surface area contributed by atoms with Gasteiger partial charge in [-0.3, -0.25) is 0 Å². The van der Waals surface area contributed by atoms with Crippen LogP contribution in [0, 0.1) is 12.1 Å². The van der Waals surface area contributed by atoms with Crippen molar-refractivity contribution in [2.45, 2.75) is 37.1 Å². The summed E-state index contributed by atoms with van der Waals surface area (Å²) in [5, 5.41) is 0. The third-order valence-electron chi connectivity index (χ3n) is 13.2. The summed E-state index contributed by atoms with van der Waals surface area (Å²) in [7, 11) is 0. The summed E-state index contributed by atoms with van der Waals surface area (Å²) < 4.78 is 0. The summed E-state index contributed by atoms with van der Waals surface area (Å²) in [5.74, 6) is 0. The maximum Gasteiger partial charge on any atom is 0.0684 e. The van der Waals surface area contributed by atoms with Gasteiger partial charge in [-0.25, -0.2) is 0 Å². The molecular weight excluding hydrogens is 711 g/mol. The summed E-state index contributed by atoms with van der Waals surface area (Å²) in [6.07, 6.45) is 5.62. The highest BCUT2D eigenvalue weighted by Gasteiger charge is 2.49. The molecule has 0 spiro atoms. The summed E-state index contributed by atoms with van der Waals surface area (Å²) in [5.41, 5.74) is 19.7. The first kappa shape index (κ1) is 35.1. The predicted molar refractivity (Wildman–Crippen MR) is 245 cm³/mol. The molecule has 3 aliphatic carbocycles. The van der Waals surface area contributed by atoms with E-state index in [4.69, 9.17) is 0 Å². The highest BCUT2D eigenvalue weighted by molar-refractivity contribution is 5.92. The van der Waals surface area contributed by atoms with Crippen molar-refractivity contribution in [1.29, 1.82) is 0 Å². The van der Waals surface area contributed by atoms with Crippen LogP contribution in [0.3, 0.4) is 0 Å². The summed E-state index contributed by atoms with van der Waals surface area (Å²) in [6.45, 7) is 4.72. The fraction of sp³-hybridized carbons (Fsp3) is 0.103. The van der Waals surface area contributed by atoms with Crippen LogP contribution >= 0.6 is 0 Å². The molecule has 11 rings (SSSR count). The van der Waals surface area contributed by atoms with Gasteiger partial charge in [0.05, 0.1) is 11.5 Å². The number of benzene rings is 7. The number of allylic oxidation sites excluding steroid dienone is 2. The molecule has 0 saturated heterocycles. The van der Waals surface area contributed by atoms with Gasteiger partial charge < -0.3 is 4.90 Å². The molecule has 1 unspecified atom stereocenters. The van der Waals surface area contributed by atoms with E-state index in [1.54, 1.807) is 0 Å². The van der Waals surface area contributed by atoms with Gasteiger partial charge in [0.25, 0.3) is 0 Å². The van der Waals surface area contributed by atoms with Crippen LogP contribution in [0.1, 0.15) is 53.6 Å². The Labute approximate surface area is 348 Å². The zero-order chi connectivity index (χ0) is 39.6. The zero-order valence-corrected chi connectivity index (χ0v) is 33.4. The van der Waals surface area contributed by atoms with Gasteiger partial charge in [-0.2, -0.15) is 0 Å². The number of hydrogen-bond acceptors (Lipinski definition) is 1. The van der Waals surface area contributed by atoms with Crippen molar-refractivity contribution >= 4 is 16.9 Å². The molecule has 1 atom stereocenters. The van der Waals surface area contributed by atoms with E-state index in [0.717, 1.165) is 17.7 Å². The summed E-state index contributed by atoms with van der Waals surface area (Å²) >= 11 is 0. The molecule has 3 aliphatic rings. The molecule has 0 radical (unpaired) electrons. The SMILES string of the molecule is CC1(C)c2ccccc2-c2ccc(-c3cccc(N(c4ccccc4-c4ccccc4)C4C=CC5=C(C4)C(c4ccccc4)(c4ccccc4)c4ccc#cc45)c3)cc21. The van der Waals surface area contributed by atoms with E-state index in [-0.39, 0.29) is 11.5 Å². The fourth-order valence-corrected chi connectivity index (χ4v) is 10.5. The Balaban J connectivity index is 1.09. The summed E-state index contributed by atoms with van der Waals surface area (Å²) in [6, 6.07) is 78.3. The van der Waals surface area contributed by atoms with Crippen molar-refractivity contribution < 1.29 is 0 Å². The minimum absolute atomic E-state index is 0.00686. The van der Waals surface area contributed by atoms with Crippen molar-refractivity contribution in [3.05, 3.63) is 257 Å². The minimum Gasteiger partial charge on any atom is -0.334 e. The molecule has 1 nitrogen and oxygen atoms in total. The number of fused-ring (bicyclic) bond motifs is 5. The third kappa shape index (κ3) is 5.41. The third-order valence-corrected chi connectivity index (χ3v) is 13.2. The van der Waals surface area contributed by atoms with Crippen molar-refractivity contribution in [1.82, 2.24) is 0 Å². The number of hydrogen-bond donors (Lipinski definition) is 0. The average Bonchev–Trinajstić information content (AvgIpc) is 3.73. The lowest BCUT2D eigenvalue weighted by atomic mass is 9.65. The van der Waals surface area contributed by atoms with E-state index < -0.39 is 5.41 Å². The van der Waals surface area contributed by atoms with Gasteiger partial charge in [0.1, 0.15) is 0 Å².